The second-order valence-electron chi connectivity index (χ2n) is 6.80. The number of anilines is 2. The number of nitrogens with zero attached hydrogens (tertiary/aromatic N) is 1. The van der Waals surface area contributed by atoms with E-state index in [1.165, 1.54) is 6.08 Å². The van der Waals surface area contributed by atoms with E-state index in [2.05, 4.69) is 17.2 Å². The number of carbonyl (C=O) groups is 3. The fraction of sp³-hybridized carbons (Fsp3) is 0.227. The van der Waals surface area contributed by atoms with Crippen molar-refractivity contribution >= 4 is 29.1 Å². The minimum Gasteiger partial charge on any atom is -0.344 e. The molecule has 6 nitrogen and oxygen atoms in total. The van der Waals surface area contributed by atoms with Crippen LogP contribution >= 0.6 is 0 Å². The average Bonchev–Trinajstić information content (AvgIpc) is 3.03. The van der Waals surface area contributed by atoms with Crippen LogP contribution in [-0.4, -0.2) is 30.3 Å². The summed E-state index contributed by atoms with van der Waals surface area (Å²) >= 11 is 0. The van der Waals surface area contributed by atoms with E-state index in [1.54, 1.807) is 29.2 Å². The molecule has 28 heavy (non-hydrogen) atoms. The Bertz CT molecular complexity index is 905. The van der Waals surface area contributed by atoms with Gasteiger partial charge in [-0.05, 0) is 49.2 Å². The van der Waals surface area contributed by atoms with Gasteiger partial charge in [-0.25, -0.2) is 0 Å². The molecule has 2 aromatic rings. The first kappa shape index (κ1) is 19.4. The monoisotopic (exact) mass is 377 g/mol. The van der Waals surface area contributed by atoms with Gasteiger partial charge in [0.2, 0.25) is 17.7 Å². The Hall–Kier alpha value is -3.41. The van der Waals surface area contributed by atoms with Crippen molar-refractivity contribution in [3.8, 4) is 0 Å². The molecule has 0 radical (unpaired) electrons. The summed E-state index contributed by atoms with van der Waals surface area (Å²) in [4.78, 5) is 38.1. The van der Waals surface area contributed by atoms with Gasteiger partial charge in [0.25, 0.3) is 0 Å². The molecule has 144 valence electrons. The van der Waals surface area contributed by atoms with E-state index >= 15 is 0 Å². The number of carbonyl (C=O) groups excluding carboxylic acids is 3. The van der Waals surface area contributed by atoms with Crippen molar-refractivity contribution in [2.45, 2.75) is 25.8 Å². The topological polar surface area (TPSA) is 78.5 Å². The predicted molar refractivity (Wildman–Crippen MR) is 109 cm³/mol. The summed E-state index contributed by atoms with van der Waals surface area (Å²) in [6.07, 6.45) is 1.89. The summed E-state index contributed by atoms with van der Waals surface area (Å²) in [5, 5.41) is 5.49. The molecule has 3 amide bonds. The highest BCUT2D eigenvalue weighted by Crippen LogP contribution is 2.22. The van der Waals surface area contributed by atoms with Crippen LogP contribution in [0.5, 0.6) is 0 Å². The number of aryl methyl sites for hydroxylation is 1. The van der Waals surface area contributed by atoms with Gasteiger partial charge < -0.3 is 15.5 Å². The summed E-state index contributed by atoms with van der Waals surface area (Å²) in [5.74, 6) is -0.630. The second kappa shape index (κ2) is 8.52. The smallest absolute Gasteiger partial charge is 0.249 e. The molecule has 0 bridgehead atoms. The van der Waals surface area contributed by atoms with E-state index in [0.29, 0.717) is 18.7 Å². The van der Waals surface area contributed by atoms with E-state index in [9.17, 15) is 14.4 Å². The highest BCUT2D eigenvalue weighted by atomic mass is 16.2. The van der Waals surface area contributed by atoms with Gasteiger partial charge in [0, 0.05) is 17.9 Å². The number of amides is 3. The maximum Gasteiger partial charge on any atom is 0.249 e. The maximum absolute atomic E-state index is 12.6. The van der Waals surface area contributed by atoms with Crippen LogP contribution in [0.1, 0.15) is 17.5 Å². The molecule has 0 aromatic heterocycles. The summed E-state index contributed by atoms with van der Waals surface area (Å²) in [5.41, 5.74) is 3.32. The zero-order valence-electron chi connectivity index (χ0n) is 15.8. The van der Waals surface area contributed by atoms with Crippen LogP contribution in [0.25, 0.3) is 0 Å². The van der Waals surface area contributed by atoms with Crippen LogP contribution in [0, 0.1) is 6.92 Å². The third kappa shape index (κ3) is 4.65. The van der Waals surface area contributed by atoms with Gasteiger partial charge >= 0.3 is 0 Å². The van der Waals surface area contributed by atoms with Crippen molar-refractivity contribution < 1.29 is 14.4 Å². The van der Waals surface area contributed by atoms with Gasteiger partial charge in [0.05, 0.1) is 6.42 Å². The summed E-state index contributed by atoms with van der Waals surface area (Å²) in [6, 6.07) is 14.3. The molecular weight excluding hydrogens is 354 g/mol. The lowest BCUT2D eigenvalue weighted by Crippen LogP contribution is -2.42. The summed E-state index contributed by atoms with van der Waals surface area (Å²) in [7, 11) is 0. The molecule has 1 unspecified atom stereocenters. The number of benzene rings is 2. The Kier molecular flexibility index (Phi) is 5.89. The Labute approximate surface area is 164 Å². The molecule has 0 aliphatic carbocycles. The zero-order chi connectivity index (χ0) is 20.1. The molecule has 1 atom stereocenters. The van der Waals surface area contributed by atoms with Gasteiger partial charge in [-0.15, -0.1) is 0 Å². The molecule has 1 saturated heterocycles. The minimum atomic E-state index is -0.516. The quantitative estimate of drug-likeness (QED) is 0.760. The number of rotatable bonds is 6. The van der Waals surface area contributed by atoms with Crippen LogP contribution < -0.4 is 15.5 Å². The second-order valence-corrected chi connectivity index (χ2v) is 6.80. The fourth-order valence-electron chi connectivity index (χ4n) is 3.18. The van der Waals surface area contributed by atoms with Gasteiger partial charge in [-0.2, -0.15) is 0 Å². The third-order valence-electron chi connectivity index (χ3n) is 4.63. The first-order valence-electron chi connectivity index (χ1n) is 9.16. The molecular formula is C22H23N3O3. The van der Waals surface area contributed by atoms with Gasteiger partial charge in [0.15, 0.2) is 0 Å². The Morgan fingerprint density at radius 2 is 1.96 bits per heavy atom. The van der Waals surface area contributed by atoms with Crippen LogP contribution in [0.2, 0.25) is 0 Å². The van der Waals surface area contributed by atoms with E-state index in [4.69, 9.17) is 0 Å². The molecule has 1 fully saturated rings. The maximum atomic E-state index is 12.6. The van der Waals surface area contributed by atoms with Gasteiger partial charge in [-0.1, -0.05) is 36.4 Å². The van der Waals surface area contributed by atoms with Crippen molar-refractivity contribution in [2.24, 2.45) is 0 Å². The van der Waals surface area contributed by atoms with E-state index in [-0.39, 0.29) is 24.1 Å². The fourth-order valence-corrected chi connectivity index (χ4v) is 3.18. The predicted octanol–water partition coefficient (Wildman–Crippen LogP) is 2.58. The SMILES string of the molecule is C=CC(=O)Nc1cccc(CC(=O)NC2CCN(c3ccc(C)cc3)C2=O)c1. The number of hydrogen-bond donors (Lipinski definition) is 2. The molecule has 3 rings (SSSR count). The van der Waals surface area contributed by atoms with E-state index in [0.717, 1.165) is 16.8 Å². The van der Waals surface area contributed by atoms with Crippen LogP contribution in [0.4, 0.5) is 11.4 Å². The van der Waals surface area contributed by atoms with E-state index in [1.807, 2.05) is 31.2 Å². The highest BCUT2D eigenvalue weighted by molar-refractivity contribution is 6.01. The first-order chi connectivity index (χ1) is 13.5. The molecule has 6 heteroatoms. The van der Waals surface area contributed by atoms with Crippen LogP contribution in [0.15, 0.2) is 61.2 Å². The molecule has 1 heterocycles. The van der Waals surface area contributed by atoms with Crippen LogP contribution in [-0.2, 0) is 20.8 Å². The minimum absolute atomic E-state index is 0.0933. The lowest BCUT2D eigenvalue weighted by Gasteiger charge is -2.17. The van der Waals surface area contributed by atoms with Crippen molar-refractivity contribution in [3.05, 3.63) is 72.3 Å². The number of nitrogens with one attached hydrogen (secondary N) is 2. The van der Waals surface area contributed by atoms with Crippen molar-refractivity contribution in [1.29, 1.82) is 0 Å². The van der Waals surface area contributed by atoms with Gasteiger partial charge in [-0.3, -0.25) is 14.4 Å². The largest absolute Gasteiger partial charge is 0.344 e. The summed E-state index contributed by atoms with van der Waals surface area (Å²) < 4.78 is 0. The van der Waals surface area contributed by atoms with Crippen LogP contribution in [0.3, 0.4) is 0 Å². The Balaban J connectivity index is 1.59. The average molecular weight is 377 g/mol. The van der Waals surface area contributed by atoms with Crippen molar-refractivity contribution in [1.82, 2.24) is 5.32 Å². The Morgan fingerprint density at radius 1 is 1.21 bits per heavy atom. The molecule has 2 aromatic carbocycles. The lowest BCUT2D eigenvalue weighted by atomic mass is 10.1. The summed E-state index contributed by atoms with van der Waals surface area (Å²) in [6.45, 7) is 5.99. The zero-order valence-corrected chi connectivity index (χ0v) is 15.8. The normalized spacial score (nSPS) is 16.0. The lowest BCUT2D eigenvalue weighted by molar-refractivity contribution is -0.126. The third-order valence-corrected chi connectivity index (χ3v) is 4.63. The molecule has 1 aliphatic heterocycles. The highest BCUT2D eigenvalue weighted by Gasteiger charge is 2.33. The van der Waals surface area contributed by atoms with Crippen molar-refractivity contribution in [3.63, 3.8) is 0 Å². The standard InChI is InChI=1S/C22H23N3O3/c1-3-20(26)23-17-6-4-5-16(13-17)14-21(27)24-19-11-12-25(22(19)28)18-9-7-15(2)8-10-18/h3-10,13,19H,1,11-12,14H2,2H3,(H,23,26)(H,24,27). The molecule has 0 spiro atoms. The van der Waals surface area contributed by atoms with E-state index < -0.39 is 6.04 Å². The molecule has 2 N–H and O–H groups in total. The first-order valence-corrected chi connectivity index (χ1v) is 9.16. The van der Waals surface area contributed by atoms with Crippen molar-refractivity contribution in [2.75, 3.05) is 16.8 Å². The molecule has 1 aliphatic rings. The number of hydrogen-bond acceptors (Lipinski definition) is 3. The molecule has 0 saturated carbocycles. The Morgan fingerprint density at radius 3 is 2.68 bits per heavy atom. The van der Waals surface area contributed by atoms with Gasteiger partial charge in [0.1, 0.15) is 6.04 Å².